The van der Waals surface area contributed by atoms with Crippen LogP contribution in [0.3, 0.4) is 0 Å². The molecule has 0 saturated heterocycles. The van der Waals surface area contributed by atoms with Crippen molar-refractivity contribution in [3.05, 3.63) is 12.2 Å². The lowest BCUT2D eigenvalue weighted by Gasteiger charge is -2.32. The van der Waals surface area contributed by atoms with Crippen molar-refractivity contribution in [3.63, 3.8) is 0 Å². The molecule has 0 fully saturated rings. The Morgan fingerprint density at radius 1 is 1.00 bits per heavy atom. The SMILES string of the molecule is C=C(C)C(=O)OCC[N+](C)(C)CCC[Si](OCC)(OCC)OCC.[Cl-]. The molecule has 0 rings (SSSR count). The fourth-order valence-corrected chi connectivity index (χ4v) is 4.94. The first-order valence-electron chi connectivity index (χ1n) is 8.78. The van der Waals surface area contributed by atoms with Crippen molar-refractivity contribution in [2.75, 3.05) is 53.6 Å². The van der Waals surface area contributed by atoms with Crippen molar-refractivity contribution >= 4 is 14.8 Å². The standard InChI is InChI=1S/C17H36NO5Si.ClH/c1-8-21-24(22-9-2,23-10-3)15-11-12-18(6,7)13-14-20-17(19)16(4)5;/h4,8-15H2,1-3,5-7H3;1H/q+1;/p-1. The Kier molecular flexibility index (Phi) is 14.7. The van der Waals surface area contributed by atoms with Crippen molar-refractivity contribution in [2.24, 2.45) is 0 Å². The number of ether oxygens (including phenoxy) is 1. The topological polar surface area (TPSA) is 54.0 Å². The largest absolute Gasteiger partial charge is 1.00 e. The smallest absolute Gasteiger partial charge is 0.501 e. The lowest BCUT2D eigenvalue weighted by Crippen LogP contribution is -3.00. The molecule has 150 valence electrons. The Balaban J connectivity index is 0. The number of esters is 1. The van der Waals surface area contributed by atoms with Crippen LogP contribution in [0.2, 0.25) is 6.04 Å². The Labute approximate surface area is 160 Å². The highest BCUT2D eigenvalue weighted by atomic mass is 35.5. The molecule has 0 aliphatic rings. The van der Waals surface area contributed by atoms with Gasteiger partial charge in [0.15, 0.2) is 0 Å². The summed E-state index contributed by atoms with van der Waals surface area (Å²) in [6.07, 6.45) is 0.938. The maximum Gasteiger partial charge on any atom is 0.501 e. The van der Waals surface area contributed by atoms with E-state index >= 15 is 0 Å². The quantitative estimate of drug-likeness (QED) is 0.173. The van der Waals surface area contributed by atoms with Crippen LogP contribution >= 0.6 is 0 Å². The van der Waals surface area contributed by atoms with Crippen molar-refractivity contribution in [1.29, 1.82) is 0 Å². The van der Waals surface area contributed by atoms with Gasteiger partial charge in [0, 0.05) is 37.9 Å². The zero-order valence-electron chi connectivity index (χ0n) is 16.7. The van der Waals surface area contributed by atoms with Crippen LogP contribution < -0.4 is 12.4 Å². The molecule has 0 atom stereocenters. The third-order valence-corrected chi connectivity index (χ3v) is 6.77. The van der Waals surface area contributed by atoms with E-state index in [1.807, 2.05) is 20.8 Å². The van der Waals surface area contributed by atoms with E-state index in [9.17, 15) is 4.79 Å². The second-order valence-electron chi connectivity index (χ2n) is 6.38. The number of carbonyl (C=O) groups excluding carboxylic acids is 1. The van der Waals surface area contributed by atoms with Crippen molar-refractivity contribution < 1.29 is 39.7 Å². The fourth-order valence-electron chi connectivity index (χ4n) is 2.35. The zero-order valence-corrected chi connectivity index (χ0v) is 18.5. The summed E-state index contributed by atoms with van der Waals surface area (Å²) in [4.78, 5) is 11.4. The van der Waals surface area contributed by atoms with Crippen molar-refractivity contribution in [3.8, 4) is 0 Å². The number of halogens is 1. The van der Waals surface area contributed by atoms with Gasteiger partial charge in [-0.15, -0.1) is 0 Å². The molecule has 0 aliphatic carbocycles. The van der Waals surface area contributed by atoms with Crippen LogP contribution in [-0.4, -0.2) is 72.9 Å². The van der Waals surface area contributed by atoms with E-state index < -0.39 is 8.80 Å². The summed E-state index contributed by atoms with van der Waals surface area (Å²) in [6.45, 7) is 15.0. The molecule has 6 nitrogen and oxygen atoms in total. The van der Waals surface area contributed by atoms with Crippen molar-refractivity contribution in [1.82, 2.24) is 0 Å². The minimum Gasteiger partial charge on any atom is -1.00 e. The van der Waals surface area contributed by atoms with Gasteiger partial charge in [0.25, 0.3) is 0 Å². The Morgan fingerprint density at radius 2 is 1.48 bits per heavy atom. The Bertz CT molecular complexity index is 376. The highest BCUT2D eigenvalue weighted by Crippen LogP contribution is 2.19. The maximum atomic E-state index is 11.4. The highest BCUT2D eigenvalue weighted by Gasteiger charge is 2.40. The maximum absolute atomic E-state index is 11.4. The molecule has 0 spiro atoms. The first-order chi connectivity index (χ1) is 11.2. The van der Waals surface area contributed by atoms with E-state index in [1.165, 1.54) is 0 Å². The van der Waals surface area contributed by atoms with Gasteiger partial charge >= 0.3 is 14.8 Å². The zero-order chi connectivity index (χ0) is 18.6. The van der Waals surface area contributed by atoms with Gasteiger partial charge in [-0.3, -0.25) is 0 Å². The second-order valence-corrected chi connectivity index (χ2v) is 9.12. The molecule has 0 aliphatic heterocycles. The van der Waals surface area contributed by atoms with Crippen LogP contribution in [0.25, 0.3) is 0 Å². The number of carbonyl (C=O) groups is 1. The molecular formula is C17H36ClNO5Si. The van der Waals surface area contributed by atoms with Gasteiger partial charge in [-0.2, -0.15) is 0 Å². The van der Waals surface area contributed by atoms with E-state index in [0.717, 1.165) is 30.0 Å². The van der Waals surface area contributed by atoms with Crippen LogP contribution in [0.1, 0.15) is 34.1 Å². The summed E-state index contributed by atoms with van der Waals surface area (Å²) in [5.74, 6) is -0.328. The average Bonchev–Trinajstić information content (AvgIpc) is 2.47. The normalized spacial score (nSPS) is 11.8. The molecule has 0 bridgehead atoms. The van der Waals surface area contributed by atoms with Crippen LogP contribution in [0, 0.1) is 0 Å². The lowest BCUT2D eigenvalue weighted by molar-refractivity contribution is -0.890. The third kappa shape index (κ3) is 11.7. The van der Waals surface area contributed by atoms with Gasteiger partial charge < -0.3 is 34.9 Å². The number of hydrogen-bond donors (Lipinski definition) is 0. The van der Waals surface area contributed by atoms with Crippen LogP contribution in [0.15, 0.2) is 12.2 Å². The molecule has 0 aromatic carbocycles. The number of hydrogen-bond acceptors (Lipinski definition) is 5. The number of nitrogens with zero attached hydrogens (tertiary/aromatic N) is 1. The van der Waals surface area contributed by atoms with E-state index in [-0.39, 0.29) is 18.4 Å². The van der Waals surface area contributed by atoms with Crippen LogP contribution in [-0.2, 0) is 22.8 Å². The molecule has 0 radical (unpaired) electrons. The second kappa shape index (κ2) is 13.7. The van der Waals surface area contributed by atoms with Gasteiger partial charge in [-0.1, -0.05) is 6.58 Å². The number of likely N-dealkylation sites (N-methyl/N-ethyl adjacent to an activating group) is 1. The van der Waals surface area contributed by atoms with Crippen molar-refractivity contribution in [2.45, 2.75) is 40.2 Å². The van der Waals surface area contributed by atoms with Gasteiger partial charge in [0.2, 0.25) is 0 Å². The summed E-state index contributed by atoms with van der Waals surface area (Å²) >= 11 is 0. The minimum atomic E-state index is -2.57. The summed E-state index contributed by atoms with van der Waals surface area (Å²) < 4.78 is 23.6. The van der Waals surface area contributed by atoms with E-state index in [1.54, 1.807) is 6.92 Å². The van der Waals surface area contributed by atoms with Gasteiger partial charge in [-0.25, -0.2) is 4.79 Å². The highest BCUT2D eigenvalue weighted by molar-refractivity contribution is 6.60. The first kappa shape index (κ1) is 26.8. The number of rotatable bonds is 14. The monoisotopic (exact) mass is 397 g/mol. The molecular weight excluding hydrogens is 362 g/mol. The average molecular weight is 398 g/mol. The fraction of sp³-hybridized carbons (Fsp3) is 0.824. The summed E-state index contributed by atoms with van der Waals surface area (Å²) in [5, 5.41) is 0. The van der Waals surface area contributed by atoms with Gasteiger partial charge in [0.05, 0.1) is 20.6 Å². The summed E-state index contributed by atoms with van der Waals surface area (Å²) in [7, 11) is 1.68. The van der Waals surface area contributed by atoms with Gasteiger partial charge in [0.1, 0.15) is 13.2 Å². The Morgan fingerprint density at radius 3 is 1.88 bits per heavy atom. The summed E-state index contributed by atoms with van der Waals surface area (Å²) in [5.41, 5.74) is 0.432. The van der Waals surface area contributed by atoms with Crippen LogP contribution in [0.5, 0.6) is 0 Å². The lowest BCUT2D eigenvalue weighted by atomic mass is 10.3. The van der Waals surface area contributed by atoms with E-state index in [0.29, 0.717) is 32.0 Å². The molecule has 0 amide bonds. The minimum absolute atomic E-state index is 0. The third-order valence-electron chi connectivity index (χ3n) is 3.62. The predicted octanol–water partition coefficient (Wildman–Crippen LogP) is -0.375. The molecule has 0 aromatic rings. The molecule has 0 N–H and O–H groups in total. The Hall–Kier alpha value is -0.443. The molecule has 8 heteroatoms. The van der Waals surface area contributed by atoms with Gasteiger partial charge in [-0.05, 0) is 27.7 Å². The predicted molar refractivity (Wildman–Crippen MR) is 97.7 cm³/mol. The summed E-state index contributed by atoms with van der Waals surface area (Å²) in [6, 6.07) is 0.801. The number of quaternary nitrogens is 1. The molecule has 0 saturated carbocycles. The molecule has 0 unspecified atom stereocenters. The van der Waals surface area contributed by atoms with E-state index in [4.69, 9.17) is 18.0 Å². The first-order valence-corrected chi connectivity index (χ1v) is 10.7. The van der Waals surface area contributed by atoms with Crippen LogP contribution in [0.4, 0.5) is 0 Å². The molecule has 0 heterocycles. The molecule has 0 aromatic heterocycles. The van der Waals surface area contributed by atoms with E-state index in [2.05, 4.69) is 20.7 Å². The molecule has 25 heavy (non-hydrogen) atoms.